The Labute approximate surface area is 259 Å². The van der Waals surface area contributed by atoms with E-state index in [-0.39, 0.29) is 0 Å². The summed E-state index contributed by atoms with van der Waals surface area (Å²) in [5, 5.41) is 19.6. The third kappa shape index (κ3) is 5.62. The van der Waals surface area contributed by atoms with Crippen molar-refractivity contribution in [2.45, 2.75) is 38.9 Å². The molecule has 0 atom stereocenters. The fourth-order valence-electron chi connectivity index (χ4n) is 5.29. The van der Waals surface area contributed by atoms with E-state index in [1.54, 1.807) is 0 Å². The van der Waals surface area contributed by atoms with E-state index in [2.05, 4.69) is 24.3 Å². The monoisotopic (exact) mass is 574 g/mol. The molecular weight excluding hydrogens is 543 g/mol. The van der Waals surface area contributed by atoms with E-state index in [0.29, 0.717) is 22.6 Å². The van der Waals surface area contributed by atoms with Gasteiger partial charge in [0, 0.05) is 0 Å². The van der Waals surface area contributed by atoms with Crippen molar-refractivity contribution in [2.24, 2.45) is 0 Å². The van der Waals surface area contributed by atoms with Crippen LogP contribution in [-0.2, 0) is 9.31 Å². The van der Waals surface area contributed by atoms with Gasteiger partial charge in [0.2, 0.25) is 0 Å². The van der Waals surface area contributed by atoms with Crippen molar-refractivity contribution in [1.29, 1.82) is 10.5 Å². The van der Waals surface area contributed by atoms with Crippen LogP contribution in [0.2, 0.25) is 0 Å². The molecule has 0 N–H and O–H groups in total. The van der Waals surface area contributed by atoms with Crippen LogP contribution in [0.1, 0.15) is 38.8 Å². The maximum atomic E-state index is 9.78. The molecule has 5 nitrogen and oxygen atoms in total. The standard InChI is InChI=1S/C38H31BN2O3/c1-37(2)38(3,4)44-39(43-37)32-15-19-34(20-16-32)42-33-17-13-26(14-18-33)29-21-30(35-11-7-5-9-27(35)24-40)23-31(22-29)36-12-8-6-10-28(36)25-41/h5-23H,1-4H3. The minimum atomic E-state index is -0.422. The minimum absolute atomic E-state index is 0.396. The lowest BCUT2D eigenvalue weighted by molar-refractivity contribution is 0.00578. The number of rotatable bonds is 6. The van der Waals surface area contributed by atoms with Crippen molar-refractivity contribution in [3.8, 4) is 57.0 Å². The minimum Gasteiger partial charge on any atom is -0.457 e. The van der Waals surface area contributed by atoms with E-state index in [0.717, 1.165) is 38.8 Å². The van der Waals surface area contributed by atoms with Crippen LogP contribution in [0.3, 0.4) is 0 Å². The van der Waals surface area contributed by atoms with E-state index in [1.807, 2.05) is 131 Å². The maximum absolute atomic E-state index is 9.78. The number of ether oxygens (including phenoxy) is 1. The summed E-state index contributed by atoms with van der Waals surface area (Å²) in [6.07, 6.45) is 0. The summed E-state index contributed by atoms with van der Waals surface area (Å²) in [6, 6.07) is 41.6. The molecule has 1 heterocycles. The molecule has 0 unspecified atom stereocenters. The molecule has 44 heavy (non-hydrogen) atoms. The molecule has 0 amide bonds. The highest BCUT2D eigenvalue weighted by Crippen LogP contribution is 2.38. The van der Waals surface area contributed by atoms with Crippen LogP contribution in [0.15, 0.2) is 115 Å². The van der Waals surface area contributed by atoms with Gasteiger partial charge in [0.05, 0.1) is 34.5 Å². The summed E-state index contributed by atoms with van der Waals surface area (Å²) < 4.78 is 18.5. The molecule has 1 fully saturated rings. The van der Waals surface area contributed by atoms with Gasteiger partial charge in [-0.15, -0.1) is 0 Å². The average Bonchev–Trinajstić information content (AvgIpc) is 3.27. The normalized spacial score (nSPS) is 14.9. The highest BCUT2D eigenvalue weighted by molar-refractivity contribution is 6.62. The topological polar surface area (TPSA) is 75.3 Å². The SMILES string of the molecule is CC1(C)OB(c2ccc(Oc3ccc(-c4cc(-c5ccccc5C#N)cc(-c5ccccc5C#N)c4)cc3)cc2)OC1(C)C. The average molecular weight is 574 g/mol. The van der Waals surface area contributed by atoms with Gasteiger partial charge < -0.3 is 14.0 Å². The Kier molecular flexibility index (Phi) is 7.58. The molecule has 5 aromatic rings. The van der Waals surface area contributed by atoms with Gasteiger partial charge in [-0.05, 0) is 121 Å². The van der Waals surface area contributed by atoms with Crippen molar-refractivity contribution >= 4 is 12.6 Å². The van der Waals surface area contributed by atoms with Crippen molar-refractivity contribution < 1.29 is 14.0 Å². The first-order valence-corrected chi connectivity index (χ1v) is 14.6. The molecular formula is C38H31BN2O3. The van der Waals surface area contributed by atoms with Crippen molar-refractivity contribution in [2.75, 3.05) is 0 Å². The molecule has 0 aliphatic carbocycles. The smallest absolute Gasteiger partial charge is 0.457 e. The van der Waals surface area contributed by atoms with Crippen molar-refractivity contribution in [1.82, 2.24) is 0 Å². The summed E-state index contributed by atoms with van der Waals surface area (Å²) in [6.45, 7) is 8.17. The van der Waals surface area contributed by atoms with Gasteiger partial charge in [0.25, 0.3) is 0 Å². The number of hydrogen-bond donors (Lipinski definition) is 0. The molecule has 214 valence electrons. The Morgan fingerprint density at radius 2 is 0.977 bits per heavy atom. The maximum Gasteiger partial charge on any atom is 0.494 e. The molecule has 6 heteroatoms. The van der Waals surface area contributed by atoms with Gasteiger partial charge in [-0.2, -0.15) is 10.5 Å². The first-order chi connectivity index (χ1) is 21.2. The van der Waals surface area contributed by atoms with Gasteiger partial charge in [0.1, 0.15) is 11.5 Å². The third-order valence-corrected chi connectivity index (χ3v) is 8.48. The van der Waals surface area contributed by atoms with E-state index in [4.69, 9.17) is 14.0 Å². The van der Waals surface area contributed by atoms with Gasteiger partial charge >= 0.3 is 7.12 Å². The first kappa shape index (κ1) is 29.0. The second-order valence-electron chi connectivity index (χ2n) is 11.9. The highest BCUT2D eigenvalue weighted by atomic mass is 16.7. The van der Waals surface area contributed by atoms with Gasteiger partial charge in [-0.3, -0.25) is 0 Å². The summed E-state index contributed by atoms with van der Waals surface area (Å²) in [5.41, 5.74) is 6.80. The Bertz CT molecular complexity index is 1820. The zero-order valence-corrected chi connectivity index (χ0v) is 25.2. The molecule has 0 aromatic heterocycles. The first-order valence-electron chi connectivity index (χ1n) is 14.6. The number of nitriles is 2. The summed E-state index contributed by atoms with van der Waals surface area (Å²) in [5.74, 6) is 1.42. The van der Waals surface area contributed by atoms with Crippen molar-refractivity contribution in [3.05, 3.63) is 126 Å². The van der Waals surface area contributed by atoms with Crippen LogP contribution in [0.4, 0.5) is 0 Å². The van der Waals surface area contributed by atoms with E-state index < -0.39 is 18.3 Å². The van der Waals surface area contributed by atoms with E-state index in [1.165, 1.54) is 0 Å². The van der Waals surface area contributed by atoms with Crippen LogP contribution >= 0.6 is 0 Å². The lowest BCUT2D eigenvalue weighted by Crippen LogP contribution is -2.41. The van der Waals surface area contributed by atoms with E-state index in [9.17, 15) is 10.5 Å². The van der Waals surface area contributed by atoms with Crippen molar-refractivity contribution in [3.63, 3.8) is 0 Å². The predicted octanol–water partition coefficient (Wildman–Crippen LogP) is 8.52. The lowest BCUT2D eigenvalue weighted by Gasteiger charge is -2.32. The molecule has 1 aliphatic heterocycles. The summed E-state index contributed by atoms with van der Waals surface area (Å²) in [7, 11) is -0.422. The summed E-state index contributed by atoms with van der Waals surface area (Å²) in [4.78, 5) is 0. The quantitative estimate of drug-likeness (QED) is 0.190. The molecule has 0 radical (unpaired) electrons. The Morgan fingerprint density at radius 1 is 0.545 bits per heavy atom. The molecule has 0 spiro atoms. The van der Waals surface area contributed by atoms with Crippen LogP contribution in [0, 0.1) is 22.7 Å². The largest absolute Gasteiger partial charge is 0.494 e. The molecule has 1 aliphatic rings. The number of hydrogen-bond acceptors (Lipinski definition) is 5. The van der Waals surface area contributed by atoms with Gasteiger partial charge in [-0.1, -0.05) is 60.7 Å². The number of benzene rings is 5. The van der Waals surface area contributed by atoms with Crippen LogP contribution in [0.5, 0.6) is 11.5 Å². The Balaban J connectivity index is 1.28. The number of nitrogens with zero attached hydrogens (tertiary/aromatic N) is 2. The van der Waals surface area contributed by atoms with Crippen LogP contribution in [0.25, 0.3) is 33.4 Å². The fraction of sp³-hybridized carbons (Fsp3) is 0.158. The zero-order chi connectivity index (χ0) is 30.9. The zero-order valence-electron chi connectivity index (χ0n) is 25.2. The van der Waals surface area contributed by atoms with E-state index >= 15 is 0 Å². The molecule has 5 aromatic carbocycles. The molecule has 0 bridgehead atoms. The highest BCUT2D eigenvalue weighted by Gasteiger charge is 2.51. The summed E-state index contributed by atoms with van der Waals surface area (Å²) >= 11 is 0. The predicted molar refractivity (Wildman–Crippen MR) is 174 cm³/mol. The fourth-order valence-corrected chi connectivity index (χ4v) is 5.29. The van der Waals surface area contributed by atoms with Crippen LogP contribution in [-0.4, -0.2) is 18.3 Å². The van der Waals surface area contributed by atoms with Gasteiger partial charge in [0.15, 0.2) is 0 Å². The second kappa shape index (κ2) is 11.5. The second-order valence-corrected chi connectivity index (χ2v) is 11.9. The molecule has 6 rings (SSSR count). The third-order valence-electron chi connectivity index (χ3n) is 8.48. The Hall–Kier alpha value is -5.14. The molecule has 0 saturated carbocycles. The lowest BCUT2D eigenvalue weighted by atomic mass is 9.79. The van der Waals surface area contributed by atoms with Gasteiger partial charge in [-0.25, -0.2) is 0 Å². The Morgan fingerprint density at radius 3 is 1.45 bits per heavy atom. The van der Waals surface area contributed by atoms with Crippen LogP contribution < -0.4 is 10.2 Å². The molecule has 1 saturated heterocycles.